The van der Waals surface area contributed by atoms with Crippen molar-refractivity contribution in [1.29, 1.82) is 0 Å². The van der Waals surface area contributed by atoms with Crippen LogP contribution in [0, 0.1) is 0 Å². The van der Waals surface area contributed by atoms with Crippen LogP contribution in [0.5, 0.6) is 5.75 Å². The second-order valence-corrected chi connectivity index (χ2v) is 6.29. The summed E-state index contributed by atoms with van der Waals surface area (Å²) in [4.78, 5) is 15.3. The van der Waals surface area contributed by atoms with Crippen molar-refractivity contribution in [2.45, 2.75) is 6.54 Å². The molecule has 7 heteroatoms. The first-order chi connectivity index (χ1) is 9.54. The van der Waals surface area contributed by atoms with Crippen molar-refractivity contribution in [3.63, 3.8) is 0 Å². The van der Waals surface area contributed by atoms with E-state index in [-0.39, 0.29) is 5.78 Å². The first-order valence-corrected chi connectivity index (χ1v) is 7.74. The van der Waals surface area contributed by atoms with Gasteiger partial charge in [0.2, 0.25) is 5.78 Å². The summed E-state index contributed by atoms with van der Waals surface area (Å²) in [5.74, 6) is 0.534. The summed E-state index contributed by atoms with van der Waals surface area (Å²) in [6.07, 6.45) is 1.66. The molecule has 2 heterocycles. The third-order valence-corrected chi connectivity index (χ3v) is 4.30. The number of ether oxygens (including phenoxy) is 1. The zero-order valence-electron chi connectivity index (χ0n) is 11.6. The van der Waals surface area contributed by atoms with Gasteiger partial charge in [-0.25, -0.2) is 0 Å². The smallest absolute Gasteiger partial charge is 0.225 e. The van der Waals surface area contributed by atoms with Gasteiger partial charge in [-0.05, 0) is 41.5 Å². The topological polar surface area (TPSA) is 47.4 Å². The number of thiophene rings is 1. The highest BCUT2D eigenvalue weighted by molar-refractivity contribution is 9.10. The Labute approximate surface area is 130 Å². The Bertz CT molecular complexity index is 607. The molecule has 0 aromatic carbocycles. The number of rotatable bonds is 6. The van der Waals surface area contributed by atoms with Crippen LogP contribution in [0.4, 0.5) is 0 Å². The maximum atomic E-state index is 12.7. The van der Waals surface area contributed by atoms with E-state index in [2.05, 4.69) is 25.9 Å². The Morgan fingerprint density at radius 1 is 1.55 bits per heavy atom. The maximum Gasteiger partial charge on any atom is 0.225 e. The number of hydrogen-bond acceptors (Lipinski definition) is 5. The van der Waals surface area contributed by atoms with Crippen molar-refractivity contribution in [3.8, 4) is 5.75 Å². The van der Waals surface area contributed by atoms with Crippen molar-refractivity contribution < 1.29 is 9.53 Å². The van der Waals surface area contributed by atoms with Crippen LogP contribution < -0.4 is 4.74 Å². The third-order valence-electron chi connectivity index (χ3n) is 2.82. The largest absolute Gasteiger partial charge is 0.495 e. The van der Waals surface area contributed by atoms with Gasteiger partial charge < -0.3 is 9.64 Å². The van der Waals surface area contributed by atoms with Gasteiger partial charge in [0.15, 0.2) is 0 Å². The SMILES string of the molecule is COc1ccsc1C(=O)c1c(Br)cnn1CCN(C)C. The summed E-state index contributed by atoms with van der Waals surface area (Å²) in [7, 11) is 5.54. The molecule has 0 saturated heterocycles. The van der Waals surface area contributed by atoms with E-state index in [4.69, 9.17) is 4.74 Å². The Kier molecular flexibility index (Phi) is 4.95. The number of carbonyl (C=O) groups excluding carboxylic acids is 1. The summed E-state index contributed by atoms with van der Waals surface area (Å²) >= 11 is 4.78. The summed E-state index contributed by atoms with van der Waals surface area (Å²) in [6, 6.07) is 1.80. The van der Waals surface area contributed by atoms with E-state index in [1.54, 1.807) is 24.1 Å². The van der Waals surface area contributed by atoms with Gasteiger partial charge in [0.05, 0.1) is 24.3 Å². The van der Waals surface area contributed by atoms with Gasteiger partial charge in [0.25, 0.3) is 0 Å². The van der Waals surface area contributed by atoms with E-state index < -0.39 is 0 Å². The lowest BCUT2D eigenvalue weighted by Gasteiger charge is -2.11. The van der Waals surface area contributed by atoms with Crippen molar-refractivity contribution in [3.05, 3.63) is 32.7 Å². The average Bonchev–Trinajstić information content (AvgIpc) is 3.01. The van der Waals surface area contributed by atoms with Crippen molar-refractivity contribution in [2.75, 3.05) is 27.7 Å². The minimum absolute atomic E-state index is 0.0695. The monoisotopic (exact) mass is 357 g/mol. The number of ketones is 1. The van der Waals surface area contributed by atoms with Crippen molar-refractivity contribution in [1.82, 2.24) is 14.7 Å². The number of aromatic nitrogens is 2. The molecule has 0 atom stereocenters. The molecular weight excluding hydrogens is 342 g/mol. The molecule has 2 aromatic heterocycles. The van der Waals surface area contributed by atoms with Gasteiger partial charge in [0, 0.05) is 6.54 Å². The quantitative estimate of drug-likeness (QED) is 0.745. The van der Waals surface area contributed by atoms with Gasteiger partial charge in [-0.3, -0.25) is 9.48 Å². The van der Waals surface area contributed by atoms with E-state index in [9.17, 15) is 4.79 Å². The molecule has 0 fully saturated rings. The van der Waals surface area contributed by atoms with Gasteiger partial charge >= 0.3 is 0 Å². The van der Waals surface area contributed by atoms with Crippen LogP contribution in [0.3, 0.4) is 0 Å². The highest BCUT2D eigenvalue weighted by Gasteiger charge is 2.23. The Hall–Kier alpha value is -1.18. The fourth-order valence-corrected chi connectivity index (χ4v) is 3.06. The number of nitrogens with zero attached hydrogens (tertiary/aromatic N) is 3. The molecule has 20 heavy (non-hydrogen) atoms. The maximum absolute atomic E-state index is 12.7. The number of methoxy groups -OCH3 is 1. The molecule has 5 nitrogen and oxygen atoms in total. The molecule has 0 bridgehead atoms. The predicted molar refractivity (Wildman–Crippen MR) is 82.8 cm³/mol. The zero-order chi connectivity index (χ0) is 14.7. The molecule has 0 saturated carbocycles. The summed E-state index contributed by atoms with van der Waals surface area (Å²) in [6.45, 7) is 1.48. The van der Waals surface area contributed by atoms with Crippen molar-refractivity contribution in [2.24, 2.45) is 0 Å². The molecule has 0 amide bonds. The molecule has 0 aliphatic carbocycles. The van der Waals surface area contributed by atoms with E-state index in [0.29, 0.717) is 27.3 Å². The molecule has 0 aliphatic rings. The van der Waals surface area contributed by atoms with E-state index in [1.807, 2.05) is 19.5 Å². The van der Waals surface area contributed by atoms with Crippen molar-refractivity contribution >= 4 is 33.0 Å². The summed E-state index contributed by atoms with van der Waals surface area (Å²) in [5, 5.41) is 6.11. The molecule has 0 unspecified atom stereocenters. The van der Waals surface area contributed by atoms with Crippen LogP contribution in [0.2, 0.25) is 0 Å². The highest BCUT2D eigenvalue weighted by Crippen LogP contribution is 2.29. The van der Waals surface area contributed by atoms with Crippen LogP contribution in [0.25, 0.3) is 0 Å². The Balaban J connectivity index is 2.32. The van der Waals surface area contributed by atoms with Crippen LogP contribution in [0.1, 0.15) is 15.4 Å². The average molecular weight is 358 g/mol. The zero-order valence-corrected chi connectivity index (χ0v) is 14.0. The second kappa shape index (κ2) is 6.51. The lowest BCUT2D eigenvalue weighted by molar-refractivity contribution is 0.102. The fourth-order valence-electron chi connectivity index (χ4n) is 1.78. The Morgan fingerprint density at radius 3 is 2.95 bits per heavy atom. The fraction of sp³-hybridized carbons (Fsp3) is 0.385. The van der Waals surface area contributed by atoms with Crippen LogP contribution in [-0.4, -0.2) is 48.2 Å². The predicted octanol–water partition coefficient (Wildman–Crippen LogP) is 2.51. The van der Waals surface area contributed by atoms with Crippen LogP contribution >= 0.6 is 27.3 Å². The summed E-state index contributed by atoms with van der Waals surface area (Å²) < 4.78 is 7.65. The standard InChI is InChI=1S/C13H16BrN3O2S/c1-16(2)5-6-17-11(9(14)8-15-17)12(18)13-10(19-3)4-7-20-13/h4,7-8H,5-6H2,1-3H3. The molecular formula is C13H16BrN3O2S. The minimum atomic E-state index is -0.0695. The van der Waals surface area contributed by atoms with Gasteiger partial charge in [-0.15, -0.1) is 11.3 Å². The van der Waals surface area contributed by atoms with Gasteiger partial charge in [-0.2, -0.15) is 5.10 Å². The number of likely N-dealkylation sites (N-methyl/N-ethyl adjacent to an activating group) is 1. The first kappa shape index (κ1) is 15.2. The molecule has 2 rings (SSSR count). The second-order valence-electron chi connectivity index (χ2n) is 4.51. The molecule has 2 aromatic rings. The lowest BCUT2D eigenvalue weighted by atomic mass is 10.2. The molecule has 108 valence electrons. The van der Waals surface area contributed by atoms with E-state index >= 15 is 0 Å². The number of carbonyl (C=O) groups is 1. The third kappa shape index (κ3) is 3.11. The van der Waals surface area contributed by atoms with E-state index in [1.165, 1.54) is 11.3 Å². The van der Waals surface area contributed by atoms with Crippen LogP contribution in [-0.2, 0) is 6.54 Å². The lowest BCUT2D eigenvalue weighted by Crippen LogP contribution is -2.21. The summed E-state index contributed by atoms with van der Waals surface area (Å²) in [5.41, 5.74) is 0.563. The number of hydrogen-bond donors (Lipinski definition) is 0. The van der Waals surface area contributed by atoms with Gasteiger partial charge in [0.1, 0.15) is 16.3 Å². The highest BCUT2D eigenvalue weighted by atomic mass is 79.9. The normalized spacial score (nSPS) is 11.1. The first-order valence-electron chi connectivity index (χ1n) is 6.06. The van der Waals surface area contributed by atoms with Crippen LogP contribution in [0.15, 0.2) is 22.1 Å². The molecule has 0 aliphatic heterocycles. The Morgan fingerprint density at radius 2 is 2.30 bits per heavy atom. The van der Waals surface area contributed by atoms with E-state index in [0.717, 1.165) is 6.54 Å². The minimum Gasteiger partial charge on any atom is -0.495 e. The van der Waals surface area contributed by atoms with Gasteiger partial charge in [-0.1, -0.05) is 0 Å². The molecule has 0 N–H and O–H groups in total. The molecule has 0 radical (unpaired) electrons. The molecule has 0 spiro atoms. The number of halogens is 1.